The maximum Gasteiger partial charge on any atom is 0.340 e. The molecule has 2 rings (SSSR count). The summed E-state index contributed by atoms with van der Waals surface area (Å²) in [5.41, 5.74) is 0.881. The monoisotopic (exact) mass is 357 g/mol. The fraction of sp³-hybridized carbons (Fsp3) is 0.235. The zero-order chi connectivity index (χ0) is 18.4. The fourth-order valence-electron chi connectivity index (χ4n) is 1.78. The zero-order valence-corrected chi connectivity index (χ0v) is 13.1. The molecule has 0 aliphatic carbocycles. The van der Waals surface area contributed by atoms with Gasteiger partial charge in [0.15, 0.2) is 6.61 Å². The normalized spacial score (nSPS) is 11.9. The summed E-state index contributed by atoms with van der Waals surface area (Å²) < 4.78 is 59.4. The van der Waals surface area contributed by atoms with E-state index in [2.05, 4.69) is 9.73 Å². The van der Waals surface area contributed by atoms with Crippen LogP contribution in [0.5, 0.6) is 17.2 Å². The first-order valence-corrected chi connectivity index (χ1v) is 7.12. The van der Waals surface area contributed by atoms with Gasteiger partial charge in [0.1, 0.15) is 17.2 Å². The Morgan fingerprint density at radius 2 is 1.76 bits per heavy atom. The SMILES string of the molecule is COc1ccc(O)c(C=Nc2ccc(OCC(F)(F)C(F)F)cc2)c1. The highest BCUT2D eigenvalue weighted by Gasteiger charge is 2.41. The van der Waals surface area contributed by atoms with E-state index in [0.717, 1.165) is 0 Å². The average Bonchev–Trinajstić information content (AvgIpc) is 2.60. The minimum atomic E-state index is -4.21. The molecule has 0 saturated heterocycles. The number of rotatable bonds is 7. The molecule has 0 atom stereocenters. The number of phenolic OH excluding ortho intramolecular Hbond substituents is 1. The first-order valence-electron chi connectivity index (χ1n) is 7.12. The van der Waals surface area contributed by atoms with Gasteiger partial charge in [-0.1, -0.05) is 0 Å². The summed E-state index contributed by atoms with van der Waals surface area (Å²) in [6.07, 6.45) is -2.38. The van der Waals surface area contributed by atoms with Crippen molar-refractivity contribution in [2.45, 2.75) is 12.3 Å². The van der Waals surface area contributed by atoms with Crippen LogP contribution in [-0.4, -0.2) is 37.4 Å². The second-order valence-corrected chi connectivity index (χ2v) is 5.03. The van der Waals surface area contributed by atoms with E-state index in [4.69, 9.17) is 4.74 Å². The Bertz CT molecular complexity index is 733. The van der Waals surface area contributed by atoms with Crippen LogP contribution in [0.4, 0.5) is 23.2 Å². The Morgan fingerprint density at radius 3 is 2.36 bits per heavy atom. The highest BCUT2D eigenvalue weighted by molar-refractivity contribution is 5.85. The minimum Gasteiger partial charge on any atom is -0.507 e. The van der Waals surface area contributed by atoms with Gasteiger partial charge < -0.3 is 14.6 Å². The molecule has 0 radical (unpaired) electrons. The van der Waals surface area contributed by atoms with Crippen molar-refractivity contribution in [1.82, 2.24) is 0 Å². The van der Waals surface area contributed by atoms with Crippen LogP contribution in [0.15, 0.2) is 47.5 Å². The van der Waals surface area contributed by atoms with Crippen molar-refractivity contribution in [1.29, 1.82) is 0 Å². The predicted octanol–water partition coefficient (Wildman–Crippen LogP) is 4.43. The molecule has 1 N–H and O–H groups in total. The zero-order valence-electron chi connectivity index (χ0n) is 13.1. The van der Waals surface area contributed by atoms with Crippen LogP contribution < -0.4 is 9.47 Å². The molecule has 0 saturated carbocycles. The molecule has 0 aromatic heterocycles. The summed E-state index contributed by atoms with van der Waals surface area (Å²) in [4.78, 5) is 4.13. The Balaban J connectivity index is 2.03. The van der Waals surface area contributed by atoms with Gasteiger partial charge in [0.2, 0.25) is 0 Å². The number of aliphatic imine (C=N–C) groups is 1. The lowest BCUT2D eigenvalue weighted by Gasteiger charge is -2.15. The smallest absolute Gasteiger partial charge is 0.340 e. The number of alkyl halides is 4. The number of hydrogen-bond acceptors (Lipinski definition) is 4. The topological polar surface area (TPSA) is 51.0 Å². The second kappa shape index (κ2) is 7.87. The third-order valence-corrected chi connectivity index (χ3v) is 3.17. The minimum absolute atomic E-state index is 0.0127. The van der Waals surface area contributed by atoms with Crippen LogP contribution in [0.3, 0.4) is 0 Å². The number of phenols is 1. The average molecular weight is 357 g/mol. The fourth-order valence-corrected chi connectivity index (χ4v) is 1.78. The third kappa shape index (κ3) is 5.10. The van der Waals surface area contributed by atoms with Gasteiger partial charge in [-0.05, 0) is 42.5 Å². The first kappa shape index (κ1) is 18.6. The summed E-state index contributed by atoms with van der Waals surface area (Å²) >= 11 is 0. The summed E-state index contributed by atoms with van der Waals surface area (Å²) in [6, 6.07) is 10.2. The predicted molar refractivity (Wildman–Crippen MR) is 84.8 cm³/mol. The van der Waals surface area contributed by atoms with E-state index in [0.29, 0.717) is 17.0 Å². The van der Waals surface area contributed by atoms with Crippen LogP contribution >= 0.6 is 0 Å². The summed E-state index contributed by atoms with van der Waals surface area (Å²) in [5.74, 6) is -3.63. The first-order chi connectivity index (χ1) is 11.8. The van der Waals surface area contributed by atoms with Gasteiger partial charge in [-0.15, -0.1) is 0 Å². The Hall–Kier alpha value is -2.77. The van der Waals surface area contributed by atoms with E-state index in [9.17, 15) is 22.7 Å². The number of methoxy groups -OCH3 is 1. The molecule has 134 valence electrons. The van der Waals surface area contributed by atoms with E-state index in [-0.39, 0.29) is 11.5 Å². The number of ether oxygens (including phenoxy) is 2. The largest absolute Gasteiger partial charge is 0.507 e. The number of halogens is 4. The molecule has 8 heteroatoms. The molecule has 4 nitrogen and oxygen atoms in total. The van der Waals surface area contributed by atoms with Crippen LogP contribution in [0.2, 0.25) is 0 Å². The van der Waals surface area contributed by atoms with Gasteiger partial charge in [-0.2, -0.15) is 8.78 Å². The van der Waals surface area contributed by atoms with Crippen LogP contribution in [0.1, 0.15) is 5.56 Å². The maximum atomic E-state index is 12.8. The molecule has 0 fully saturated rings. The quantitative estimate of drug-likeness (QED) is 0.589. The lowest BCUT2D eigenvalue weighted by atomic mass is 10.2. The van der Waals surface area contributed by atoms with E-state index in [1.807, 2.05) is 0 Å². The Kier molecular flexibility index (Phi) is 5.84. The van der Waals surface area contributed by atoms with E-state index in [1.54, 1.807) is 12.1 Å². The molecule has 0 bridgehead atoms. The molecular formula is C17H15F4NO3. The van der Waals surface area contributed by atoms with Gasteiger partial charge in [-0.25, -0.2) is 8.78 Å². The van der Waals surface area contributed by atoms with Crippen molar-refractivity contribution in [2.75, 3.05) is 13.7 Å². The molecule has 0 unspecified atom stereocenters. The highest BCUT2D eigenvalue weighted by atomic mass is 19.3. The molecule has 0 aliphatic rings. The molecular weight excluding hydrogens is 342 g/mol. The standard InChI is InChI=1S/C17H15F4NO3/c1-24-14-6-7-15(23)11(8-14)9-22-12-2-4-13(5-3-12)25-10-17(20,21)16(18)19/h2-9,16,23H,10H2,1H3. The van der Waals surface area contributed by atoms with Crippen molar-refractivity contribution < 1.29 is 32.1 Å². The van der Waals surface area contributed by atoms with Crippen molar-refractivity contribution in [3.05, 3.63) is 48.0 Å². The maximum absolute atomic E-state index is 12.8. The van der Waals surface area contributed by atoms with Gasteiger partial charge in [-0.3, -0.25) is 4.99 Å². The molecule has 0 spiro atoms. The van der Waals surface area contributed by atoms with Gasteiger partial charge >= 0.3 is 12.3 Å². The summed E-state index contributed by atoms with van der Waals surface area (Å²) in [5, 5.41) is 9.74. The van der Waals surface area contributed by atoms with Gasteiger partial charge in [0.05, 0.1) is 12.8 Å². The molecule has 25 heavy (non-hydrogen) atoms. The molecule has 0 amide bonds. The number of nitrogens with zero attached hydrogens (tertiary/aromatic N) is 1. The van der Waals surface area contributed by atoms with E-state index >= 15 is 0 Å². The van der Waals surface area contributed by atoms with E-state index in [1.165, 1.54) is 43.7 Å². The number of aromatic hydroxyl groups is 1. The van der Waals surface area contributed by atoms with Gasteiger partial charge in [0.25, 0.3) is 0 Å². The van der Waals surface area contributed by atoms with Crippen molar-refractivity contribution in [2.24, 2.45) is 4.99 Å². The third-order valence-electron chi connectivity index (χ3n) is 3.17. The molecule has 2 aromatic carbocycles. The van der Waals surface area contributed by atoms with E-state index < -0.39 is 19.0 Å². The second-order valence-electron chi connectivity index (χ2n) is 5.03. The summed E-state index contributed by atoms with van der Waals surface area (Å²) in [7, 11) is 1.49. The number of benzene rings is 2. The lowest BCUT2D eigenvalue weighted by Crippen LogP contribution is -2.33. The number of hydrogen-bond donors (Lipinski definition) is 1. The molecule has 0 aliphatic heterocycles. The molecule has 2 aromatic rings. The van der Waals surface area contributed by atoms with Gasteiger partial charge in [0, 0.05) is 11.8 Å². The van der Waals surface area contributed by atoms with Crippen molar-refractivity contribution in [3.63, 3.8) is 0 Å². The lowest BCUT2D eigenvalue weighted by molar-refractivity contribution is -0.148. The Labute approximate surface area is 141 Å². The Morgan fingerprint density at radius 1 is 1.12 bits per heavy atom. The van der Waals surface area contributed by atoms with Crippen molar-refractivity contribution >= 4 is 11.9 Å². The van der Waals surface area contributed by atoms with Crippen molar-refractivity contribution in [3.8, 4) is 17.2 Å². The highest BCUT2D eigenvalue weighted by Crippen LogP contribution is 2.26. The summed E-state index contributed by atoms with van der Waals surface area (Å²) in [6.45, 7) is -1.41. The van der Waals surface area contributed by atoms with Crippen LogP contribution in [0.25, 0.3) is 0 Å². The van der Waals surface area contributed by atoms with Crippen LogP contribution in [0, 0.1) is 0 Å². The molecule has 0 heterocycles. The van der Waals surface area contributed by atoms with Crippen LogP contribution in [-0.2, 0) is 0 Å².